The highest BCUT2D eigenvalue weighted by atomic mass is 35.5. The lowest BCUT2D eigenvalue weighted by molar-refractivity contribution is 0.230. The van der Waals surface area contributed by atoms with Gasteiger partial charge in [0.1, 0.15) is 12.4 Å². The highest BCUT2D eigenvalue weighted by Gasteiger charge is 2.31. The third-order valence-electron chi connectivity index (χ3n) is 5.85. The molecule has 0 spiro atoms. The molecule has 3 heterocycles. The van der Waals surface area contributed by atoms with Gasteiger partial charge in [0.2, 0.25) is 0 Å². The number of ether oxygens (including phenoxy) is 1. The molecule has 5 nitrogen and oxygen atoms in total. The molecule has 0 unspecified atom stereocenters. The van der Waals surface area contributed by atoms with Gasteiger partial charge in [-0.15, -0.1) is 24.8 Å². The second kappa shape index (κ2) is 10.9. The van der Waals surface area contributed by atoms with E-state index in [2.05, 4.69) is 16.3 Å². The first-order valence-corrected chi connectivity index (χ1v) is 10.4. The standard InChI is InChI=1S/C22H28ClN3O2.2ClH/c1-15-3-6-21(19(23)9-15)28-8-7-25(2)14-17-4-5-20-18-10-16(11-24-12-18)13-26(20)22(17)27;;/h3-6,9,16,18,24H,7-8,10-14H2,1-2H3;2*1H/t16-,18+;;/m0../s1. The van der Waals surface area contributed by atoms with Crippen molar-refractivity contribution in [3.05, 3.63) is 62.5 Å². The Labute approximate surface area is 195 Å². The maximum Gasteiger partial charge on any atom is 0.255 e. The molecular weight excluding hydrogens is 445 g/mol. The number of nitrogens with zero attached hydrogens (tertiary/aromatic N) is 2. The first-order valence-electron chi connectivity index (χ1n) is 10.0. The SMILES string of the molecule is Cc1ccc(OCCN(C)Cc2ccc3n(c2=O)C[C@@H]2CNC[C@H]3C2)c(Cl)c1.Cl.Cl. The van der Waals surface area contributed by atoms with Gasteiger partial charge < -0.3 is 14.6 Å². The molecule has 0 amide bonds. The summed E-state index contributed by atoms with van der Waals surface area (Å²) in [5, 5.41) is 4.13. The number of rotatable bonds is 6. The Morgan fingerprint density at radius 2 is 2.03 bits per heavy atom. The van der Waals surface area contributed by atoms with Crippen LogP contribution in [-0.4, -0.2) is 42.8 Å². The van der Waals surface area contributed by atoms with Crippen LogP contribution in [0.15, 0.2) is 35.1 Å². The van der Waals surface area contributed by atoms with Gasteiger partial charge in [0.25, 0.3) is 5.56 Å². The topological polar surface area (TPSA) is 46.5 Å². The van der Waals surface area contributed by atoms with E-state index in [1.807, 2.05) is 42.8 Å². The summed E-state index contributed by atoms with van der Waals surface area (Å²) in [6, 6.07) is 9.96. The van der Waals surface area contributed by atoms with Crippen LogP contribution in [-0.2, 0) is 13.1 Å². The molecule has 30 heavy (non-hydrogen) atoms. The van der Waals surface area contributed by atoms with Crippen LogP contribution in [0.25, 0.3) is 0 Å². The second-order valence-corrected chi connectivity index (χ2v) is 8.58. The zero-order valence-corrected chi connectivity index (χ0v) is 19.8. The van der Waals surface area contributed by atoms with Gasteiger partial charge in [-0.25, -0.2) is 0 Å². The van der Waals surface area contributed by atoms with Gasteiger partial charge in [-0.2, -0.15) is 0 Å². The summed E-state index contributed by atoms with van der Waals surface area (Å²) in [4.78, 5) is 15.1. The number of hydrogen-bond acceptors (Lipinski definition) is 4. The van der Waals surface area contributed by atoms with Gasteiger partial charge in [0, 0.05) is 43.4 Å². The summed E-state index contributed by atoms with van der Waals surface area (Å²) in [6.07, 6.45) is 1.20. The Morgan fingerprint density at radius 1 is 1.23 bits per heavy atom. The number of aromatic nitrogens is 1. The highest BCUT2D eigenvalue weighted by Crippen LogP contribution is 2.31. The first kappa shape index (κ1) is 25.0. The molecule has 1 aromatic heterocycles. The molecule has 2 aromatic rings. The summed E-state index contributed by atoms with van der Waals surface area (Å²) >= 11 is 6.22. The van der Waals surface area contributed by atoms with E-state index in [-0.39, 0.29) is 30.4 Å². The number of fused-ring (bicyclic) bond motifs is 4. The lowest BCUT2D eigenvalue weighted by atomic mass is 9.84. The van der Waals surface area contributed by atoms with Gasteiger partial charge in [0.05, 0.1) is 5.02 Å². The van der Waals surface area contributed by atoms with Crippen LogP contribution in [0, 0.1) is 12.8 Å². The fourth-order valence-corrected chi connectivity index (χ4v) is 4.65. The normalized spacial score (nSPS) is 19.5. The molecule has 2 bridgehead atoms. The van der Waals surface area contributed by atoms with Crippen molar-refractivity contribution in [2.75, 3.05) is 33.3 Å². The Balaban J connectivity index is 0.00000160. The molecule has 0 aliphatic carbocycles. The van der Waals surface area contributed by atoms with Crippen LogP contribution in [0.1, 0.15) is 29.2 Å². The van der Waals surface area contributed by atoms with Gasteiger partial charge >= 0.3 is 0 Å². The second-order valence-electron chi connectivity index (χ2n) is 8.18. The number of piperidine rings is 1. The van der Waals surface area contributed by atoms with Crippen molar-refractivity contribution in [1.29, 1.82) is 0 Å². The third kappa shape index (κ3) is 5.51. The third-order valence-corrected chi connectivity index (χ3v) is 6.14. The molecule has 1 saturated heterocycles. The maximum atomic E-state index is 13.0. The number of pyridine rings is 1. The predicted octanol–water partition coefficient (Wildman–Crippen LogP) is 3.87. The Morgan fingerprint density at radius 3 is 2.80 bits per heavy atom. The number of nitrogens with one attached hydrogen (secondary N) is 1. The molecule has 166 valence electrons. The smallest absolute Gasteiger partial charge is 0.255 e. The monoisotopic (exact) mass is 473 g/mol. The minimum Gasteiger partial charge on any atom is -0.491 e. The Kier molecular flexibility index (Phi) is 9.07. The van der Waals surface area contributed by atoms with Crippen molar-refractivity contribution in [3.63, 3.8) is 0 Å². The van der Waals surface area contributed by atoms with E-state index in [0.717, 1.165) is 37.3 Å². The predicted molar refractivity (Wildman–Crippen MR) is 127 cm³/mol. The molecule has 1 fully saturated rings. The van der Waals surface area contributed by atoms with Crippen LogP contribution in [0.5, 0.6) is 5.75 Å². The number of aryl methyl sites for hydroxylation is 1. The molecule has 1 N–H and O–H groups in total. The van der Waals surface area contributed by atoms with Crippen LogP contribution in [0.3, 0.4) is 0 Å². The van der Waals surface area contributed by atoms with Crippen molar-refractivity contribution in [1.82, 2.24) is 14.8 Å². The minimum atomic E-state index is 0. The minimum absolute atomic E-state index is 0. The quantitative estimate of drug-likeness (QED) is 0.690. The molecule has 4 rings (SSSR count). The van der Waals surface area contributed by atoms with Crippen molar-refractivity contribution in [3.8, 4) is 5.75 Å². The van der Waals surface area contributed by atoms with Crippen LogP contribution in [0.4, 0.5) is 0 Å². The van der Waals surface area contributed by atoms with E-state index < -0.39 is 0 Å². The number of benzene rings is 1. The molecule has 0 radical (unpaired) electrons. The highest BCUT2D eigenvalue weighted by molar-refractivity contribution is 6.32. The molecule has 2 aliphatic heterocycles. The van der Waals surface area contributed by atoms with Gasteiger partial charge in [-0.05, 0) is 56.6 Å². The van der Waals surface area contributed by atoms with Crippen molar-refractivity contribution in [2.24, 2.45) is 5.92 Å². The van der Waals surface area contributed by atoms with Gasteiger partial charge in [-0.3, -0.25) is 9.69 Å². The average Bonchev–Trinajstić information content (AvgIpc) is 2.66. The summed E-state index contributed by atoms with van der Waals surface area (Å²) in [5.74, 6) is 1.75. The van der Waals surface area contributed by atoms with Crippen LogP contribution < -0.4 is 15.6 Å². The molecular formula is C22H30Cl3N3O2. The van der Waals surface area contributed by atoms with E-state index in [4.69, 9.17) is 16.3 Å². The van der Waals surface area contributed by atoms with Gasteiger partial charge in [0.15, 0.2) is 0 Å². The van der Waals surface area contributed by atoms with Gasteiger partial charge in [-0.1, -0.05) is 23.7 Å². The first-order chi connectivity index (χ1) is 13.5. The van der Waals surface area contributed by atoms with Crippen LogP contribution >= 0.6 is 36.4 Å². The van der Waals surface area contributed by atoms with E-state index >= 15 is 0 Å². The van der Waals surface area contributed by atoms with Crippen LogP contribution in [0.2, 0.25) is 5.02 Å². The summed E-state index contributed by atoms with van der Waals surface area (Å²) in [5.41, 5.74) is 3.33. The maximum absolute atomic E-state index is 13.0. The van der Waals surface area contributed by atoms with Crippen molar-refractivity contribution in [2.45, 2.75) is 32.4 Å². The Bertz CT molecular complexity index is 919. The van der Waals surface area contributed by atoms with E-state index in [0.29, 0.717) is 35.8 Å². The summed E-state index contributed by atoms with van der Waals surface area (Å²) in [7, 11) is 2.02. The number of halogens is 3. The molecule has 2 aliphatic rings. The molecule has 8 heteroatoms. The average molecular weight is 475 g/mol. The molecule has 2 atom stereocenters. The molecule has 1 aromatic carbocycles. The summed E-state index contributed by atoms with van der Waals surface area (Å²) < 4.78 is 7.83. The fourth-order valence-electron chi connectivity index (χ4n) is 4.36. The number of likely N-dealkylation sites (N-methyl/N-ethyl adjacent to an activating group) is 1. The van der Waals surface area contributed by atoms with E-state index in [1.165, 1.54) is 12.1 Å². The van der Waals surface area contributed by atoms with E-state index in [1.54, 1.807) is 0 Å². The van der Waals surface area contributed by atoms with E-state index in [9.17, 15) is 4.79 Å². The van der Waals surface area contributed by atoms with Crippen molar-refractivity contribution < 1.29 is 4.74 Å². The fraction of sp³-hybridized carbons (Fsp3) is 0.500. The summed E-state index contributed by atoms with van der Waals surface area (Å²) in [6.45, 7) is 6.72. The molecule has 0 saturated carbocycles. The zero-order valence-electron chi connectivity index (χ0n) is 17.4. The Hall–Kier alpha value is -1.24. The zero-order chi connectivity index (χ0) is 19.7. The lowest BCUT2D eigenvalue weighted by Crippen LogP contribution is -2.45. The number of hydrogen-bond donors (Lipinski definition) is 1. The largest absolute Gasteiger partial charge is 0.491 e. The van der Waals surface area contributed by atoms with Crippen molar-refractivity contribution >= 4 is 36.4 Å². The lowest BCUT2D eigenvalue weighted by Gasteiger charge is -2.37.